The molecule has 2 aromatic heterocycles. The third-order valence-corrected chi connectivity index (χ3v) is 5.82. The molecular weight excluding hydrogens is 450 g/mol. The Kier molecular flexibility index (Phi) is 6.96. The zero-order valence-electron chi connectivity index (χ0n) is 17.5. The van der Waals surface area contributed by atoms with Crippen molar-refractivity contribution in [1.29, 1.82) is 5.26 Å². The molecule has 2 N–H and O–H groups in total. The smallest absolute Gasteiger partial charge is 0.280 e. The molecule has 0 saturated heterocycles. The van der Waals surface area contributed by atoms with E-state index in [1.54, 1.807) is 18.2 Å². The van der Waals surface area contributed by atoms with E-state index in [0.29, 0.717) is 47.9 Å². The third-order valence-electron chi connectivity index (χ3n) is 5.59. The lowest BCUT2D eigenvalue weighted by atomic mass is 10.0. The van der Waals surface area contributed by atoms with Gasteiger partial charge >= 0.3 is 0 Å². The van der Waals surface area contributed by atoms with Crippen molar-refractivity contribution < 1.29 is 13.9 Å². The van der Waals surface area contributed by atoms with Gasteiger partial charge in [-0.2, -0.15) is 5.26 Å². The summed E-state index contributed by atoms with van der Waals surface area (Å²) in [5.74, 6) is 0.591. The van der Waals surface area contributed by atoms with E-state index in [1.807, 2.05) is 6.07 Å². The first-order chi connectivity index (χ1) is 16.0. The fourth-order valence-electron chi connectivity index (χ4n) is 3.91. The first kappa shape index (κ1) is 22.8. The van der Waals surface area contributed by atoms with Gasteiger partial charge in [0.15, 0.2) is 0 Å². The van der Waals surface area contributed by atoms with Gasteiger partial charge in [-0.15, -0.1) is 0 Å². The number of nitriles is 1. The number of hydrogen-bond donors (Lipinski definition) is 2. The molecule has 0 saturated carbocycles. The van der Waals surface area contributed by atoms with Crippen molar-refractivity contribution in [2.75, 3.05) is 23.4 Å². The molecule has 0 aliphatic carbocycles. The Labute approximate surface area is 194 Å². The van der Waals surface area contributed by atoms with Gasteiger partial charge in [0.1, 0.15) is 23.9 Å². The van der Waals surface area contributed by atoms with E-state index in [2.05, 4.69) is 31.2 Å². The minimum Gasteiger partial charge on any atom is -0.396 e. The van der Waals surface area contributed by atoms with Gasteiger partial charge in [0, 0.05) is 42.9 Å². The molecular formula is C23H21ClF2N6O. The number of nitrogens with one attached hydrogen (secondary N) is 1. The van der Waals surface area contributed by atoms with Crippen molar-refractivity contribution in [2.24, 2.45) is 0 Å². The van der Waals surface area contributed by atoms with Crippen molar-refractivity contribution >= 4 is 23.1 Å². The number of nitrogens with zero attached hydrogens (tertiary/aromatic N) is 5. The molecule has 0 radical (unpaired) electrons. The van der Waals surface area contributed by atoms with Crippen LogP contribution in [0.4, 0.5) is 20.3 Å². The number of rotatable bonds is 7. The maximum absolute atomic E-state index is 12.9. The second kappa shape index (κ2) is 10.1. The number of benzene rings is 1. The quantitative estimate of drug-likeness (QED) is 0.527. The van der Waals surface area contributed by atoms with Crippen LogP contribution in [0.15, 0.2) is 42.9 Å². The molecule has 1 aromatic carbocycles. The van der Waals surface area contributed by atoms with Crippen LogP contribution >= 0.6 is 11.6 Å². The predicted molar refractivity (Wildman–Crippen MR) is 120 cm³/mol. The Balaban J connectivity index is 1.62. The maximum atomic E-state index is 12.9. The standard InChI is InChI=1S/C23H21ClF2N6O/c24-16-2-4-21(15(9-16)10-27)32-7-5-19-17(12-32)23(30-13-29-19)31-18(6-8-33)14-1-3-20(22(25)26)28-11-14/h1-4,9,11,13,18,22,33H,5-8,12H2,(H,29,30,31)/t18-/m1/s1. The molecule has 170 valence electrons. The van der Waals surface area contributed by atoms with Gasteiger partial charge in [-0.05, 0) is 36.2 Å². The number of aromatic nitrogens is 3. The molecule has 0 bridgehead atoms. The molecule has 7 nitrogen and oxygen atoms in total. The number of aliphatic hydroxyl groups is 1. The van der Waals surface area contributed by atoms with E-state index in [0.717, 1.165) is 16.9 Å². The SMILES string of the molecule is N#Cc1cc(Cl)ccc1N1CCc2ncnc(N[C@H](CCO)c3ccc(C(F)F)nc3)c2C1. The Morgan fingerprint density at radius 2 is 2.06 bits per heavy atom. The van der Waals surface area contributed by atoms with Crippen molar-refractivity contribution in [3.63, 3.8) is 0 Å². The Bertz CT molecular complexity index is 1170. The van der Waals surface area contributed by atoms with Gasteiger partial charge in [0.05, 0.1) is 23.0 Å². The van der Waals surface area contributed by atoms with Crippen LogP contribution in [0, 0.1) is 11.3 Å². The maximum Gasteiger partial charge on any atom is 0.280 e. The first-order valence-corrected chi connectivity index (χ1v) is 10.8. The normalized spacial score (nSPS) is 14.0. The Morgan fingerprint density at radius 3 is 2.76 bits per heavy atom. The third kappa shape index (κ3) is 5.02. The van der Waals surface area contributed by atoms with E-state index < -0.39 is 6.43 Å². The van der Waals surface area contributed by atoms with Gasteiger partial charge < -0.3 is 15.3 Å². The Morgan fingerprint density at radius 1 is 1.21 bits per heavy atom. The molecule has 4 rings (SSSR count). The van der Waals surface area contributed by atoms with E-state index in [4.69, 9.17) is 11.6 Å². The summed E-state index contributed by atoms with van der Waals surface area (Å²) >= 11 is 6.05. The van der Waals surface area contributed by atoms with Crippen LogP contribution in [0.25, 0.3) is 0 Å². The summed E-state index contributed by atoms with van der Waals surface area (Å²) in [5.41, 5.74) is 3.40. The zero-order valence-corrected chi connectivity index (χ0v) is 18.3. The van der Waals surface area contributed by atoms with Crippen molar-refractivity contribution in [3.8, 4) is 6.07 Å². The molecule has 0 fully saturated rings. The number of anilines is 2. The average Bonchev–Trinajstić information content (AvgIpc) is 2.83. The Hall–Kier alpha value is -3.35. The lowest BCUT2D eigenvalue weighted by Gasteiger charge is -2.32. The van der Waals surface area contributed by atoms with Crippen LogP contribution in [-0.4, -0.2) is 33.2 Å². The molecule has 0 unspecified atom stereocenters. The summed E-state index contributed by atoms with van der Waals surface area (Å²) in [4.78, 5) is 14.7. The summed E-state index contributed by atoms with van der Waals surface area (Å²) in [6.07, 6.45) is 1.23. The number of pyridine rings is 1. The lowest BCUT2D eigenvalue weighted by Crippen LogP contribution is -2.32. The van der Waals surface area contributed by atoms with E-state index in [9.17, 15) is 19.1 Å². The highest BCUT2D eigenvalue weighted by atomic mass is 35.5. The van der Waals surface area contributed by atoms with Crippen LogP contribution in [0.5, 0.6) is 0 Å². The predicted octanol–water partition coefficient (Wildman–Crippen LogP) is 4.43. The summed E-state index contributed by atoms with van der Waals surface area (Å²) in [6, 6.07) is 9.89. The lowest BCUT2D eigenvalue weighted by molar-refractivity contribution is 0.146. The van der Waals surface area contributed by atoms with Crippen molar-refractivity contribution in [1.82, 2.24) is 15.0 Å². The van der Waals surface area contributed by atoms with Crippen LogP contribution in [0.1, 0.15) is 47.0 Å². The zero-order chi connectivity index (χ0) is 23.4. The molecule has 33 heavy (non-hydrogen) atoms. The number of fused-ring (bicyclic) bond motifs is 1. The second-order valence-electron chi connectivity index (χ2n) is 7.62. The monoisotopic (exact) mass is 470 g/mol. The number of halogens is 3. The molecule has 10 heteroatoms. The number of alkyl halides is 2. The molecule has 1 aliphatic rings. The summed E-state index contributed by atoms with van der Waals surface area (Å²) in [7, 11) is 0. The summed E-state index contributed by atoms with van der Waals surface area (Å²) in [5, 5.41) is 22.9. The molecule has 1 aliphatic heterocycles. The molecule has 1 atom stereocenters. The van der Waals surface area contributed by atoms with Crippen LogP contribution in [-0.2, 0) is 13.0 Å². The largest absolute Gasteiger partial charge is 0.396 e. The minimum atomic E-state index is -2.64. The molecule has 0 spiro atoms. The van der Waals surface area contributed by atoms with Gasteiger partial charge in [0.25, 0.3) is 6.43 Å². The molecule has 3 heterocycles. The van der Waals surface area contributed by atoms with E-state index in [1.165, 1.54) is 18.6 Å². The second-order valence-corrected chi connectivity index (χ2v) is 8.06. The molecule has 3 aromatic rings. The van der Waals surface area contributed by atoms with Crippen molar-refractivity contribution in [3.05, 3.63) is 76.0 Å². The fourth-order valence-corrected chi connectivity index (χ4v) is 4.09. The average molecular weight is 471 g/mol. The highest BCUT2D eigenvalue weighted by molar-refractivity contribution is 6.30. The van der Waals surface area contributed by atoms with Crippen LogP contribution in [0.2, 0.25) is 5.02 Å². The minimum absolute atomic E-state index is 0.107. The topological polar surface area (TPSA) is 98.0 Å². The summed E-state index contributed by atoms with van der Waals surface area (Å²) < 4.78 is 25.7. The fraction of sp³-hybridized carbons (Fsp3) is 0.304. The van der Waals surface area contributed by atoms with Gasteiger partial charge in [-0.25, -0.2) is 18.7 Å². The molecule has 0 amide bonds. The van der Waals surface area contributed by atoms with Gasteiger partial charge in [-0.1, -0.05) is 17.7 Å². The highest BCUT2D eigenvalue weighted by Crippen LogP contribution is 2.32. The van der Waals surface area contributed by atoms with E-state index in [-0.39, 0.29) is 18.3 Å². The number of hydrogen-bond acceptors (Lipinski definition) is 7. The summed E-state index contributed by atoms with van der Waals surface area (Å²) in [6.45, 7) is 1.05. The number of aliphatic hydroxyl groups excluding tert-OH is 1. The van der Waals surface area contributed by atoms with Gasteiger partial charge in [0.2, 0.25) is 0 Å². The first-order valence-electron chi connectivity index (χ1n) is 10.4. The van der Waals surface area contributed by atoms with Crippen molar-refractivity contribution in [2.45, 2.75) is 31.9 Å². The van der Waals surface area contributed by atoms with Gasteiger partial charge in [-0.3, -0.25) is 4.98 Å². The van der Waals surface area contributed by atoms with Crippen LogP contribution in [0.3, 0.4) is 0 Å². The van der Waals surface area contributed by atoms with E-state index >= 15 is 0 Å². The highest BCUT2D eigenvalue weighted by Gasteiger charge is 2.25. The van der Waals surface area contributed by atoms with Crippen LogP contribution < -0.4 is 10.2 Å².